The van der Waals surface area contributed by atoms with E-state index in [1.54, 1.807) is 55.6 Å². The molecule has 1 unspecified atom stereocenters. The van der Waals surface area contributed by atoms with Gasteiger partial charge in [0, 0.05) is 5.41 Å². The molecule has 0 aliphatic heterocycles. The second-order valence-corrected chi connectivity index (χ2v) is 6.74. The normalized spacial score (nSPS) is 13.2. The van der Waals surface area contributed by atoms with Crippen molar-refractivity contribution in [1.29, 1.82) is 0 Å². The summed E-state index contributed by atoms with van der Waals surface area (Å²) in [5.74, 6) is 0.673. The van der Waals surface area contributed by atoms with Crippen molar-refractivity contribution >= 4 is 9.84 Å². The molecule has 0 spiro atoms. The molecule has 0 bridgehead atoms. The Hall–Kier alpha value is -2.11. The number of aliphatic hydroxyl groups is 1. The van der Waals surface area contributed by atoms with Gasteiger partial charge in [-0.3, -0.25) is 0 Å². The Labute approximate surface area is 130 Å². The summed E-state index contributed by atoms with van der Waals surface area (Å²) in [6, 6.07) is 13.4. The summed E-state index contributed by atoms with van der Waals surface area (Å²) >= 11 is 0. The third-order valence-corrected chi connectivity index (χ3v) is 4.69. The van der Waals surface area contributed by atoms with Gasteiger partial charge in [0.15, 0.2) is 9.84 Å². The molecule has 1 N–H and O–H groups in total. The highest BCUT2D eigenvalue weighted by Crippen LogP contribution is 2.20. The molecule has 0 amide bonds. The molecular weight excluding hydrogens is 300 g/mol. The van der Waals surface area contributed by atoms with Crippen molar-refractivity contribution in [1.82, 2.24) is 0 Å². The largest absolute Gasteiger partial charge is 0.497 e. The first-order chi connectivity index (χ1) is 10.4. The van der Waals surface area contributed by atoms with E-state index >= 15 is 0 Å². The van der Waals surface area contributed by atoms with E-state index in [1.165, 1.54) is 6.08 Å². The topological polar surface area (TPSA) is 63.6 Å². The third kappa shape index (κ3) is 3.96. The lowest BCUT2D eigenvalue weighted by atomic mass is 10.1. The molecule has 2 rings (SSSR count). The molecule has 0 saturated carbocycles. The Morgan fingerprint density at radius 2 is 1.64 bits per heavy atom. The van der Waals surface area contributed by atoms with Crippen LogP contribution < -0.4 is 4.74 Å². The fraction of sp³-hybridized carbons (Fsp3) is 0.176. The lowest BCUT2D eigenvalue weighted by Crippen LogP contribution is -1.99. The van der Waals surface area contributed by atoms with Crippen LogP contribution in [0, 0.1) is 6.92 Å². The van der Waals surface area contributed by atoms with Crippen LogP contribution in [0.25, 0.3) is 0 Å². The molecule has 4 nitrogen and oxygen atoms in total. The number of methoxy groups -OCH3 is 1. The fourth-order valence-electron chi connectivity index (χ4n) is 1.90. The van der Waals surface area contributed by atoms with Gasteiger partial charge in [-0.1, -0.05) is 29.8 Å². The molecular formula is C17H18O4S. The van der Waals surface area contributed by atoms with Crippen molar-refractivity contribution in [2.24, 2.45) is 0 Å². The van der Waals surface area contributed by atoms with Gasteiger partial charge < -0.3 is 9.84 Å². The average Bonchev–Trinajstić information content (AvgIpc) is 2.53. The van der Waals surface area contributed by atoms with Gasteiger partial charge in [0.2, 0.25) is 0 Å². The number of rotatable bonds is 5. The fourth-order valence-corrected chi connectivity index (χ4v) is 2.92. The van der Waals surface area contributed by atoms with Crippen molar-refractivity contribution in [2.45, 2.75) is 17.9 Å². The summed E-state index contributed by atoms with van der Waals surface area (Å²) in [4.78, 5) is 0.205. The minimum absolute atomic E-state index is 0.205. The van der Waals surface area contributed by atoms with Crippen LogP contribution in [0.5, 0.6) is 5.75 Å². The van der Waals surface area contributed by atoms with Gasteiger partial charge in [-0.05, 0) is 42.8 Å². The second-order valence-electron chi connectivity index (χ2n) is 4.90. The van der Waals surface area contributed by atoms with E-state index in [4.69, 9.17) is 4.74 Å². The molecule has 0 aliphatic carbocycles. The van der Waals surface area contributed by atoms with Crippen LogP contribution in [0.3, 0.4) is 0 Å². The highest BCUT2D eigenvalue weighted by atomic mass is 32.2. The highest BCUT2D eigenvalue weighted by molar-refractivity contribution is 7.94. The Balaban J connectivity index is 2.16. The molecule has 2 aromatic rings. The average molecular weight is 318 g/mol. The summed E-state index contributed by atoms with van der Waals surface area (Å²) in [6.07, 6.45) is 0.267. The standard InChI is InChI=1S/C17H18O4S/c1-13-3-9-16(10-4-13)22(19,20)12-11-17(18)14-5-7-15(21-2)8-6-14/h3-12,17-18H,1-2H3/b12-11+. The Morgan fingerprint density at radius 3 is 2.18 bits per heavy atom. The van der Waals surface area contributed by atoms with E-state index < -0.39 is 15.9 Å². The quantitative estimate of drug-likeness (QED) is 0.920. The maximum absolute atomic E-state index is 12.2. The van der Waals surface area contributed by atoms with E-state index in [1.807, 2.05) is 6.92 Å². The van der Waals surface area contributed by atoms with Crippen LogP contribution in [0.2, 0.25) is 0 Å². The molecule has 0 heterocycles. The zero-order valence-electron chi connectivity index (χ0n) is 12.4. The molecule has 1 atom stereocenters. The van der Waals surface area contributed by atoms with Crippen LogP contribution in [0.4, 0.5) is 0 Å². The molecule has 0 saturated heterocycles. The summed E-state index contributed by atoms with van der Waals surface area (Å²) < 4.78 is 29.4. The van der Waals surface area contributed by atoms with E-state index in [-0.39, 0.29) is 4.90 Å². The summed E-state index contributed by atoms with van der Waals surface area (Å²) in [5, 5.41) is 11.1. The number of ether oxygens (including phenoxy) is 1. The monoisotopic (exact) mass is 318 g/mol. The van der Waals surface area contributed by atoms with Gasteiger partial charge in [0.05, 0.1) is 18.1 Å². The summed E-state index contributed by atoms with van der Waals surface area (Å²) in [7, 11) is -2.00. The zero-order chi connectivity index (χ0) is 16.2. The number of aryl methyl sites for hydroxylation is 1. The van der Waals surface area contributed by atoms with Gasteiger partial charge in [0.25, 0.3) is 0 Å². The third-order valence-electron chi connectivity index (χ3n) is 3.25. The van der Waals surface area contributed by atoms with Crippen LogP contribution in [-0.4, -0.2) is 20.6 Å². The van der Waals surface area contributed by atoms with Crippen molar-refractivity contribution in [2.75, 3.05) is 7.11 Å². The zero-order valence-corrected chi connectivity index (χ0v) is 13.2. The summed E-state index contributed by atoms with van der Waals surface area (Å²) in [6.45, 7) is 1.89. The van der Waals surface area contributed by atoms with Crippen molar-refractivity contribution in [3.63, 3.8) is 0 Å². The number of aliphatic hydroxyl groups excluding tert-OH is 1. The maximum atomic E-state index is 12.2. The lowest BCUT2D eigenvalue weighted by molar-refractivity contribution is 0.228. The first-order valence-corrected chi connectivity index (χ1v) is 8.29. The van der Waals surface area contributed by atoms with Crippen LogP contribution in [-0.2, 0) is 9.84 Å². The molecule has 2 aromatic carbocycles. The van der Waals surface area contributed by atoms with E-state index in [9.17, 15) is 13.5 Å². The second kappa shape index (κ2) is 6.77. The van der Waals surface area contributed by atoms with Gasteiger partial charge in [-0.25, -0.2) is 8.42 Å². The van der Waals surface area contributed by atoms with E-state index in [0.717, 1.165) is 11.0 Å². The van der Waals surface area contributed by atoms with E-state index in [2.05, 4.69) is 0 Å². The molecule has 5 heteroatoms. The molecule has 0 fully saturated rings. The minimum atomic E-state index is -3.56. The first-order valence-electron chi connectivity index (χ1n) is 6.74. The predicted molar refractivity (Wildman–Crippen MR) is 85.5 cm³/mol. The van der Waals surface area contributed by atoms with Gasteiger partial charge in [-0.15, -0.1) is 0 Å². The van der Waals surface area contributed by atoms with Crippen LogP contribution in [0.15, 0.2) is 64.9 Å². The van der Waals surface area contributed by atoms with Crippen LogP contribution in [0.1, 0.15) is 17.2 Å². The Kier molecular flexibility index (Phi) is 5.00. The van der Waals surface area contributed by atoms with Crippen molar-refractivity contribution < 1.29 is 18.3 Å². The molecule has 116 valence electrons. The molecule has 0 radical (unpaired) electrons. The van der Waals surface area contributed by atoms with Crippen molar-refractivity contribution in [3.05, 3.63) is 71.1 Å². The van der Waals surface area contributed by atoms with E-state index in [0.29, 0.717) is 11.3 Å². The SMILES string of the molecule is COc1ccc(C(O)/C=C/S(=O)(=O)c2ccc(C)cc2)cc1. The maximum Gasteiger partial charge on any atom is 0.199 e. The molecule has 22 heavy (non-hydrogen) atoms. The summed E-state index contributed by atoms with van der Waals surface area (Å²) in [5.41, 5.74) is 1.58. The van der Waals surface area contributed by atoms with Crippen molar-refractivity contribution in [3.8, 4) is 5.75 Å². The highest BCUT2D eigenvalue weighted by Gasteiger charge is 2.11. The minimum Gasteiger partial charge on any atom is -0.497 e. The number of benzene rings is 2. The Morgan fingerprint density at radius 1 is 1.05 bits per heavy atom. The number of sulfone groups is 1. The lowest BCUT2D eigenvalue weighted by Gasteiger charge is -2.07. The van der Waals surface area contributed by atoms with Gasteiger partial charge in [-0.2, -0.15) is 0 Å². The first kappa shape index (κ1) is 16.3. The number of hydrogen-bond acceptors (Lipinski definition) is 4. The van der Waals surface area contributed by atoms with Gasteiger partial charge >= 0.3 is 0 Å². The Bertz CT molecular complexity index is 744. The number of hydrogen-bond donors (Lipinski definition) is 1. The van der Waals surface area contributed by atoms with Gasteiger partial charge in [0.1, 0.15) is 5.75 Å². The smallest absolute Gasteiger partial charge is 0.199 e. The van der Waals surface area contributed by atoms with Crippen LogP contribution >= 0.6 is 0 Å². The molecule has 0 aromatic heterocycles. The molecule has 0 aliphatic rings. The predicted octanol–water partition coefficient (Wildman–Crippen LogP) is 3.02.